The molecule has 0 aliphatic carbocycles. The van der Waals surface area contributed by atoms with Gasteiger partial charge in [0.05, 0.1) is 23.7 Å². The second kappa shape index (κ2) is 8.20. The average Bonchev–Trinajstić information content (AvgIpc) is 2.51. The number of methoxy groups -OCH3 is 1. The lowest BCUT2D eigenvalue weighted by molar-refractivity contribution is -0.117. The number of nitrogens with one attached hydrogen (secondary N) is 1. The fourth-order valence-corrected chi connectivity index (χ4v) is 2.42. The van der Waals surface area contributed by atoms with Crippen LogP contribution in [0.2, 0.25) is 10.0 Å². The molecule has 2 aromatic rings. The number of likely N-dealkylation sites (N-methyl/N-ethyl adjacent to an activating group) is 1. The summed E-state index contributed by atoms with van der Waals surface area (Å²) >= 11 is 11.8. The minimum Gasteiger partial charge on any atom is -0.497 e. The summed E-state index contributed by atoms with van der Waals surface area (Å²) in [5.41, 5.74) is 1.73. The Morgan fingerprint density at radius 2 is 1.83 bits per heavy atom. The lowest BCUT2D eigenvalue weighted by Crippen LogP contribution is -2.29. The van der Waals surface area contributed by atoms with E-state index in [0.717, 1.165) is 11.3 Å². The van der Waals surface area contributed by atoms with Crippen LogP contribution in [0.3, 0.4) is 0 Å². The Kier molecular flexibility index (Phi) is 6.28. The Morgan fingerprint density at radius 1 is 1.13 bits per heavy atom. The zero-order valence-corrected chi connectivity index (χ0v) is 14.5. The van der Waals surface area contributed by atoms with Crippen molar-refractivity contribution in [2.24, 2.45) is 0 Å². The van der Waals surface area contributed by atoms with Crippen molar-refractivity contribution < 1.29 is 9.53 Å². The van der Waals surface area contributed by atoms with E-state index in [9.17, 15) is 4.79 Å². The maximum Gasteiger partial charge on any atom is 0.238 e. The predicted molar refractivity (Wildman–Crippen MR) is 94.4 cm³/mol. The molecule has 2 rings (SSSR count). The average molecular weight is 353 g/mol. The second-order valence-corrected chi connectivity index (χ2v) is 6.01. The molecule has 0 heterocycles. The number of carbonyl (C=O) groups is 1. The molecule has 0 spiro atoms. The molecule has 23 heavy (non-hydrogen) atoms. The molecule has 0 unspecified atom stereocenters. The van der Waals surface area contributed by atoms with Gasteiger partial charge in [-0.2, -0.15) is 0 Å². The highest BCUT2D eigenvalue weighted by Gasteiger charge is 2.09. The Bertz CT molecular complexity index is 675. The van der Waals surface area contributed by atoms with Gasteiger partial charge in [0.1, 0.15) is 5.75 Å². The number of anilines is 1. The van der Waals surface area contributed by atoms with Gasteiger partial charge in [-0.25, -0.2) is 0 Å². The maximum atomic E-state index is 12.1. The Balaban J connectivity index is 1.87. The van der Waals surface area contributed by atoms with Gasteiger partial charge in [-0.3, -0.25) is 9.69 Å². The van der Waals surface area contributed by atoms with Crippen LogP contribution in [0.5, 0.6) is 5.75 Å². The van der Waals surface area contributed by atoms with Gasteiger partial charge in [0.25, 0.3) is 0 Å². The Morgan fingerprint density at radius 3 is 2.43 bits per heavy atom. The lowest BCUT2D eigenvalue weighted by Gasteiger charge is -2.16. The molecule has 6 heteroatoms. The molecule has 122 valence electrons. The summed E-state index contributed by atoms with van der Waals surface area (Å²) in [5.74, 6) is 0.702. The van der Waals surface area contributed by atoms with E-state index in [4.69, 9.17) is 27.9 Å². The number of halogens is 2. The molecular weight excluding hydrogens is 335 g/mol. The van der Waals surface area contributed by atoms with E-state index in [2.05, 4.69) is 5.32 Å². The number of carbonyl (C=O) groups excluding carboxylic acids is 1. The van der Waals surface area contributed by atoms with Gasteiger partial charge >= 0.3 is 0 Å². The molecule has 2 aromatic carbocycles. The summed E-state index contributed by atoms with van der Waals surface area (Å²) in [6.45, 7) is 0.936. The molecule has 0 aliphatic heterocycles. The van der Waals surface area contributed by atoms with Crippen molar-refractivity contribution in [1.82, 2.24) is 4.90 Å². The molecule has 0 fully saturated rings. The summed E-state index contributed by atoms with van der Waals surface area (Å²) in [5, 5.41) is 3.67. The van der Waals surface area contributed by atoms with E-state index in [-0.39, 0.29) is 12.5 Å². The van der Waals surface area contributed by atoms with Gasteiger partial charge in [-0.15, -0.1) is 0 Å². The van der Waals surface area contributed by atoms with E-state index >= 15 is 0 Å². The molecule has 4 nitrogen and oxygen atoms in total. The van der Waals surface area contributed by atoms with Crippen LogP contribution < -0.4 is 10.1 Å². The number of amides is 1. The van der Waals surface area contributed by atoms with Crippen molar-refractivity contribution in [1.29, 1.82) is 0 Å². The highest BCUT2D eigenvalue weighted by Crippen LogP contribution is 2.24. The van der Waals surface area contributed by atoms with Gasteiger partial charge < -0.3 is 10.1 Å². The maximum absolute atomic E-state index is 12.1. The first-order valence-electron chi connectivity index (χ1n) is 7.04. The van der Waals surface area contributed by atoms with E-state index in [1.807, 2.05) is 36.2 Å². The molecule has 1 amide bonds. The summed E-state index contributed by atoms with van der Waals surface area (Å²) in [6, 6.07) is 12.8. The summed E-state index contributed by atoms with van der Waals surface area (Å²) in [4.78, 5) is 14.0. The van der Waals surface area contributed by atoms with E-state index < -0.39 is 0 Å². The highest BCUT2D eigenvalue weighted by molar-refractivity contribution is 6.42. The number of hydrogen-bond acceptors (Lipinski definition) is 3. The number of ether oxygens (including phenoxy) is 1. The summed E-state index contributed by atoms with van der Waals surface area (Å²) in [6.07, 6.45) is 0. The van der Waals surface area contributed by atoms with Crippen molar-refractivity contribution >= 4 is 34.8 Å². The Hall–Kier alpha value is -1.75. The standard InChI is InChI=1S/C17H18Cl2N2O2/c1-21(10-12-3-6-14(23-2)7-4-12)11-17(22)20-13-5-8-15(18)16(19)9-13/h3-9H,10-11H2,1-2H3,(H,20,22). The van der Waals surface area contributed by atoms with Crippen molar-refractivity contribution in [3.8, 4) is 5.75 Å². The summed E-state index contributed by atoms with van der Waals surface area (Å²) < 4.78 is 5.13. The quantitative estimate of drug-likeness (QED) is 0.851. The van der Waals surface area contributed by atoms with Crippen LogP contribution in [-0.4, -0.2) is 31.5 Å². The molecule has 0 atom stereocenters. The monoisotopic (exact) mass is 352 g/mol. The Labute approximate surface area is 146 Å². The van der Waals surface area contributed by atoms with Gasteiger partial charge in [0, 0.05) is 12.2 Å². The molecule has 0 aliphatic rings. The fraction of sp³-hybridized carbons (Fsp3) is 0.235. The van der Waals surface area contributed by atoms with E-state index in [1.165, 1.54) is 0 Å². The lowest BCUT2D eigenvalue weighted by atomic mass is 10.2. The van der Waals surface area contributed by atoms with Crippen LogP contribution in [0.1, 0.15) is 5.56 Å². The number of hydrogen-bond donors (Lipinski definition) is 1. The largest absolute Gasteiger partial charge is 0.497 e. The predicted octanol–water partition coefficient (Wildman–Crippen LogP) is 4.07. The SMILES string of the molecule is COc1ccc(CN(C)CC(=O)Nc2ccc(Cl)c(Cl)c2)cc1. The molecule has 0 bridgehead atoms. The van der Waals surface area contributed by atoms with Crippen LogP contribution >= 0.6 is 23.2 Å². The van der Waals surface area contributed by atoms with Crippen LogP contribution in [0.4, 0.5) is 5.69 Å². The van der Waals surface area contributed by atoms with Crippen LogP contribution in [0.25, 0.3) is 0 Å². The first-order chi connectivity index (χ1) is 11.0. The van der Waals surface area contributed by atoms with Crippen molar-refractivity contribution in [2.75, 3.05) is 26.0 Å². The normalized spacial score (nSPS) is 10.7. The van der Waals surface area contributed by atoms with Crippen molar-refractivity contribution in [3.63, 3.8) is 0 Å². The van der Waals surface area contributed by atoms with Crippen molar-refractivity contribution in [2.45, 2.75) is 6.54 Å². The van der Waals surface area contributed by atoms with E-state index in [0.29, 0.717) is 22.3 Å². The van der Waals surface area contributed by atoms with Gasteiger partial charge in [0.15, 0.2) is 0 Å². The van der Waals surface area contributed by atoms with Gasteiger partial charge in [-0.1, -0.05) is 35.3 Å². The molecule has 0 saturated heterocycles. The molecule has 0 aromatic heterocycles. The number of rotatable bonds is 6. The molecule has 1 N–H and O–H groups in total. The topological polar surface area (TPSA) is 41.6 Å². The van der Waals surface area contributed by atoms with Crippen LogP contribution in [0, 0.1) is 0 Å². The third-order valence-corrected chi connectivity index (χ3v) is 3.97. The summed E-state index contributed by atoms with van der Waals surface area (Å²) in [7, 11) is 3.52. The minimum atomic E-state index is -0.112. The highest BCUT2D eigenvalue weighted by atomic mass is 35.5. The zero-order valence-electron chi connectivity index (χ0n) is 13.0. The second-order valence-electron chi connectivity index (χ2n) is 5.20. The van der Waals surface area contributed by atoms with Gasteiger partial charge in [0.2, 0.25) is 5.91 Å². The molecule has 0 saturated carbocycles. The smallest absolute Gasteiger partial charge is 0.238 e. The van der Waals surface area contributed by atoms with Gasteiger partial charge in [-0.05, 0) is 42.9 Å². The first-order valence-corrected chi connectivity index (χ1v) is 7.80. The third-order valence-electron chi connectivity index (χ3n) is 3.23. The molecular formula is C17H18Cl2N2O2. The zero-order chi connectivity index (χ0) is 16.8. The fourth-order valence-electron chi connectivity index (χ4n) is 2.12. The van der Waals surface area contributed by atoms with Crippen molar-refractivity contribution in [3.05, 3.63) is 58.1 Å². The minimum absolute atomic E-state index is 0.112. The first kappa shape index (κ1) is 17.6. The number of nitrogens with zero attached hydrogens (tertiary/aromatic N) is 1. The third kappa shape index (κ3) is 5.43. The van der Waals surface area contributed by atoms with Crippen LogP contribution in [-0.2, 0) is 11.3 Å². The number of benzene rings is 2. The van der Waals surface area contributed by atoms with E-state index in [1.54, 1.807) is 25.3 Å². The molecule has 0 radical (unpaired) electrons. The van der Waals surface area contributed by atoms with Crippen LogP contribution in [0.15, 0.2) is 42.5 Å².